The number of hydrogen-bond acceptors (Lipinski definition) is 2. The molecule has 0 saturated carbocycles. The predicted molar refractivity (Wildman–Crippen MR) is 73.9 cm³/mol. The van der Waals surface area contributed by atoms with Crippen LogP contribution < -0.4 is 10.1 Å². The van der Waals surface area contributed by atoms with Crippen molar-refractivity contribution in [2.45, 2.75) is 46.1 Å². The Balaban J connectivity index is 2.62. The van der Waals surface area contributed by atoms with Crippen LogP contribution in [0.4, 0.5) is 0 Å². The van der Waals surface area contributed by atoms with Gasteiger partial charge in [-0.05, 0) is 37.0 Å². The van der Waals surface area contributed by atoms with Crippen LogP contribution in [0, 0.1) is 6.92 Å². The summed E-state index contributed by atoms with van der Waals surface area (Å²) >= 11 is 0. The monoisotopic (exact) mass is 249 g/mol. The molecule has 0 aliphatic rings. The molecule has 18 heavy (non-hydrogen) atoms. The topological polar surface area (TPSA) is 38.3 Å². The minimum atomic E-state index is 0.0910. The third kappa shape index (κ3) is 4.06. The molecule has 100 valence electrons. The largest absolute Gasteiger partial charge is 0.496 e. The minimum absolute atomic E-state index is 0.0910. The lowest BCUT2D eigenvalue weighted by atomic mass is 10.1. The lowest BCUT2D eigenvalue weighted by molar-refractivity contribution is -0.121. The lowest BCUT2D eigenvalue weighted by Crippen LogP contribution is -2.34. The van der Waals surface area contributed by atoms with Crippen LogP contribution in [0.2, 0.25) is 0 Å². The first-order valence-electron chi connectivity index (χ1n) is 6.53. The molecule has 0 aromatic heterocycles. The molecule has 1 amide bonds. The van der Waals surface area contributed by atoms with Crippen LogP contribution in [0.1, 0.15) is 37.8 Å². The molecule has 1 rings (SSSR count). The Morgan fingerprint density at radius 3 is 2.50 bits per heavy atom. The highest BCUT2D eigenvalue weighted by Crippen LogP contribution is 2.18. The zero-order chi connectivity index (χ0) is 13.5. The summed E-state index contributed by atoms with van der Waals surface area (Å²) in [7, 11) is 1.65. The van der Waals surface area contributed by atoms with Crippen molar-refractivity contribution in [2.75, 3.05) is 7.11 Å². The number of amides is 1. The van der Waals surface area contributed by atoms with Crippen molar-refractivity contribution >= 4 is 5.91 Å². The smallest absolute Gasteiger partial charge is 0.224 e. The maximum Gasteiger partial charge on any atom is 0.224 e. The third-order valence-electron chi connectivity index (χ3n) is 3.17. The molecule has 0 unspecified atom stereocenters. The van der Waals surface area contributed by atoms with E-state index < -0.39 is 0 Å². The molecule has 0 heterocycles. The highest BCUT2D eigenvalue weighted by molar-refractivity contribution is 5.79. The molecule has 0 bridgehead atoms. The van der Waals surface area contributed by atoms with Gasteiger partial charge in [0.15, 0.2) is 0 Å². The van der Waals surface area contributed by atoms with Gasteiger partial charge < -0.3 is 10.1 Å². The average Bonchev–Trinajstić information content (AvgIpc) is 2.36. The molecule has 1 aromatic carbocycles. The van der Waals surface area contributed by atoms with E-state index in [1.165, 1.54) is 0 Å². The van der Waals surface area contributed by atoms with E-state index in [4.69, 9.17) is 4.74 Å². The van der Waals surface area contributed by atoms with Crippen molar-refractivity contribution < 1.29 is 9.53 Å². The Hall–Kier alpha value is -1.51. The fourth-order valence-corrected chi connectivity index (χ4v) is 2.01. The molecule has 1 N–H and O–H groups in total. The first kappa shape index (κ1) is 14.6. The summed E-state index contributed by atoms with van der Waals surface area (Å²) in [5.41, 5.74) is 2.09. The van der Waals surface area contributed by atoms with Crippen molar-refractivity contribution in [3.8, 4) is 5.75 Å². The van der Waals surface area contributed by atoms with Gasteiger partial charge in [-0.15, -0.1) is 0 Å². The Labute approximate surface area is 110 Å². The Bertz CT molecular complexity index is 397. The quantitative estimate of drug-likeness (QED) is 0.842. The summed E-state index contributed by atoms with van der Waals surface area (Å²) in [6.45, 7) is 6.17. The molecular weight excluding hydrogens is 226 g/mol. The maximum absolute atomic E-state index is 11.9. The van der Waals surface area contributed by atoms with Gasteiger partial charge in [0.2, 0.25) is 5.91 Å². The number of ether oxygens (including phenoxy) is 1. The Morgan fingerprint density at radius 1 is 1.33 bits per heavy atom. The van der Waals surface area contributed by atoms with E-state index in [0.717, 1.165) is 29.7 Å². The number of benzene rings is 1. The zero-order valence-electron chi connectivity index (χ0n) is 11.7. The molecule has 0 saturated heterocycles. The molecule has 1 aromatic rings. The molecule has 3 nitrogen and oxygen atoms in total. The standard InChI is InChI=1S/C15H23NO2/c1-5-13(6-2)16-15(17)10-12-7-8-14(18-4)11(3)9-12/h7-9,13H,5-6,10H2,1-4H3,(H,16,17). The van der Waals surface area contributed by atoms with Crippen LogP contribution >= 0.6 is 0 Å². The van der Waals surface area contributed by atoms with E-state index in [9.17, 15) is 4.79 Å². The van der Waals surface area contributed by atoms with Crippen molar-refractivity contribution in [3.05, 3.63) is 29.3 Å². The van der Waals surface area contributed by atoms with Gasteiger partial charge in [-0.1, -0.05) is 26.0 Å². The fourth-order valence-electron chi connectivity index (χ4n) is 2.01. The van der Waals surface area contributed by atoms with Gasteiger partial charge >= 0.3 is 0 Å². The van der Waals surface area contributed by atoms with E-state index in [-0.39, 0.29) is 11.9 Å². The van der Waals surface area contributed by atoms with E-state index >= 15 is 0 Å². The number of hydrogen-bond donors (Lipinski definition) is 1. The van der Waals surface area contributed by atoms with Gasteiger partial charge in [-0.3, -0.25) is 4.79 Å². The molecule has 0 fully saturated rings. The van der Waals surface area contributed by atoms with Crippen LogP contribution in [0.25, 0.3) is 0 Å². The summed E-state index contributed by atoms with van der Waals surface area (Å²) in [5.74, 6) is 0.951. The van der Waals surface area contributed by atoms with Gasteiger partial charge in [-0.2, -0.15) is 0 Å². The molecule has 3 heteroatoms. The zero-order valence-corrected chi connectivity index (χ0v) is 11.7. The van der Waals surface area contributed by atoms with E-state index in [1.54, 1.807) is 7.11 Å². The van der Waals surface area contributed by atoms with E-state index in [0.29, 0.717) is 6.42 Å². The summed E-state index contributed by atoms with van der Waals surface area (Å²) in [4.78, 5) is 11.9. The van der Waals surface area contributed by atoms with Gasteiger partial charge in [0.25, 0.3) is 0 Å². The highest BCUT2D eigenvalue weighted by Gasteiger charge is 2.09. The Kier molecular flexibility index (Phi) is 5.69. The summed E-state index contributed by atoms with van der Waals surface area (Å²) in [6.07, 6.45) is 2.38. The maximum atomic E-state index is 11.9. The number of methoxy groups -OCH3 is 1. The molecule has 0 spiro atoms. The summed E-state index contributed by atoms with van der Waals surface area (Å²) in [5, 5.41) is 3.04. The van der Waals surface area contributed by atoms with Crippen LogP contribution in [-0.2, 0) is 11.2 Å². The van der Waals surface area contributed by atoms with Crippen molar-refractivity contribution in [1.29, 1.82) is 0 Å². The fraction of sp³-hybridized carbons (Fsp3) is 0.533. The molecule has 0 aliphatic carbocycles. The number of carbonyl (C=O) groups is 1. The summed E-state index contributed by atoms with van der Waals surface area (Å²) < 4.78 is 5.20. The van der Waals surface area contributed by atoms with E-state index in [1.807, 2.05) is 25.1 Å². The molecular formula is C15H23NO2. The number of nitrogens with one attached hydrogen (secondary N) is 1. The van der Waals surface area contributed by atoms with Crippen LogP contribution in [0.15, 0.2) is 18.2 Å². The molecule has 0 atom stereocenters. The third-order valence-corrected chi connectivity index (χ3v) is 3.17. The second-order valence-electron chi connectivity index (χ2n) is 4.56. The average molecular weight is 249 g/mol. The van der Waals surface area contributed by atoms with Crippen molar-refractivity contribution in [1.82, 2.24) is 5.32 Å². The van der Waals surface area contributed by atoms with Gasteiger partial charge in [-0.25, -0.2) is 0 Å². The molecule has 0 radical (unpaired) electrons. The van der Waals surface area contributed by atoms with Gasteiger partial charge in [0.1, 0.15) is 5.75 Å². The SMILES string of the molecule is CCC(CC)NC(=O)Cc1ccc(OC)c(C)c1. The van der Waals surface area contributed by atoms with Gasteiger partial charge in [0, 0.05) is 6.04 Å². The van der Waals surface area contributed by atoms with E-state index in [2.05, 4.69) is 19.2 Å². The predicted octanol–water partition coefficient (Wildman–Crippen LogP) is 2.85. The van der Waals surface area contributed by atoms with Gasteiger partial charge in [0.05, 0.1) is 13.5 Å². The first-order valence-corrected chi connectivity index (χ1v) is 6.53. The minimum Gasteiger partial charge on any atom is -0.496 e. The normalized spacial score (nSPS) is 10.5. The molecule has 0 aliphatic heterocycles. The van der Waals surface area contributed by atoms with Crippen LogP contribution in [0.5, 0.6) is 5.75 Å². The lowest BCUT2D eigenvalue weighted by Gasteiger charge is -2.15. The number of aryl methyl sites for hydroxylation is 1. The van der Waals surface area contributed by atoms with Crippen molar-refractivity contribution in [3.63, 3.8) is 0 Å². The highest BCUT2D eigenvalue weighted by atomic mass is 16.5. The number of rotatable bonds is 6. The number of carbonyl (C=O) groups excluding carboxylic acids is 1. The second kappa shape index (κ2) is 7.04. The second-order valence-corrected chi connectivity index (χ2v) is 4.56. The first-order chi connectivity index (χ1) is 8.60. The van der Waals surface area contributed by atoms with Crippen LogP contribution in [0.3, 0.4) is 0 Å². The van der Waals surface area contributed by atoms with Crippen LogP contribution in [-0.4, -0.2) is 19.1 Å². The Morgan fingerprint density at radius 2 is 2.00 bits per heavy atom. The van der Waals surface area contributed by atoms with Crippen molar-refractivity contribution in [2.24, 2.45) is 0 Å². The summed E-state index contributed by atoms with van der Waals surface area (Å²) in [6, 6.07) is 6.15.